The first-order valence-corrected chi connectivity index (χ1v) is 6.44. The summed E-state index contributed by atoms with van der Waals surface area (Å²) < 4.78 is 24.8. The van der Waals surface area contributed by atoms with Gasteiger partial charge >= 0.3 is 0 Å². The van der Waals surface area contributed by atoms with Crippen molar-refractivity contribution in [2.45, 2.75) is 18.7 Å². The normalized spacial score (nSPS) is 14.0. The van der Waals surface area contributed by atoms with Gasteiger partial charge in [0.25, 0.3) is 0 Å². The quantitative estimate of drug-likeness (QED) is 0.804. The molecule has 1 rings (SSSR count). The minimum absolute atomic E-state index is 0.216. The molecule has 0 bridgehead atoms. The summed E-state index contributed by atoms with van der Waals surface area (Å²) in [7, 11) is -1.96. The number of aromatic nitrogens is 1. The Morgan fingerprint density at radius 2 is 2.19 bits per heavy atom. The molecule has 0 aliphatic rings. The number of hydrogen-bond donors (Lipinski definition) is 1. The maximum absolute atomic E-state index is 11.8. The van der Waals surface area contributed by atoms with E-state index >= 15 is 0 Å². The summed E-state index contributed by atoms with van der Waals surface area (Å²) in [6.07, 6.45) is 1.62. The Labute approximate surface area is 95.8 Å². The van der Waals surface area contributed by atoms with Gasteiger partial charge in [0.2, 0.25) is 10.0 Å². The van der Waals surface area contributed by atoms with E-state index in [0.29, 0.717) is 5.69 Å². The van der Waals surface area contributed by atoms with Gasteiger partial charge in [-0.15, -0.1) is 0 Å². The van der Waals surface area contributed by atoms with Crippen LogP contribution in [0.4, 0.5) is 0 Å². The number of pyridine rings is 1. The van der Waals surface area contributed by atoms with Crippen LogP contribution >= 0.6 is 0 Å². The standard InChI is InChI=1S/C10H16N2O3S/c1-9(8-13)16(14,15)12(2)7-10-5-3-4-6-11-10/h3-6,9,13H,7-8H2,1-2H3. The average Bonchev–Trinajstić information content (AvgIpc) is 2.29. The number of hydrogen-bond acceptors (Lipinski definition) is 4. The van der Waals surface area contributed by atoms with E-state index in [-0.39, 0.29) is 13.2 Å². The van der Waals surface area contributed by atoms with Gasteiger partial charge in [0.1, 0.15) is 0 Å². The monoisotopic (exact) mass is 244 g/mol. The van der Waals surface area contributed by atoms with Crippen LogP contribution in [0.25, 0.3) is 0 Å². The zero-order valence-corrected chi connectivity index (χ0v) is 10.2. The molecule has 0 saturated carbocycles. The van der Waals surface area contributed by atoms with Gasteiger partial charge in [-0.1, -0.05) is 6.07 Å². The van der Waals surface area contributed by atoms with Crippen molar-refractivity contribution in [1.29, 1.82) is 0 Å². The summed E-state index contributed by atoms with van der Waals surface area (Å²) in [5.74, 6) is 0. The van der Waals surface area contributed by atoms with Gasteiger partial charge in [0, 0.05) is 13.2 Å². The second-order valence-corrected chi connectivity index (χ2v) is 6.07. The number of nitrogens with zero attached hydrogens (tertiary/aromatic N) is 2. The fourth-order valence-electron chi connectivity index (χ4n) is 1.21. The molecule has 0 aromatic carbocycles. The van der Waals surface area contributed by atoms with Crippen LogP contribution in [0, 0.1) is 0 Å². The van der Waals surface area contributed by atoms with Crippen LogP contribution in [0.5, 0.6) is 0 Å². The maximum Gasteiger partial charge on any atom is 0.219 e. The van der Waals surface area contributed by atoms with Crippen molar-refractivity contribution < 1.29 is 13.5 Å². The summed E-state index contributed by atoms with van der Waals surface area (Å²) >= 11 is 0. The minimum atomic E-state index is -3.44. The fourth-order valence-corrected chi connectivity index (χ4v) is 2.33. The molecule has 1 heterocycles. The van der Waals surface area contributed by atoms with Gasteiger partial charge in [-0.05, 0) is 19.1 Å². The predicted octanol–water partition coefficient (Wildman–Crippen LogP) is 0.224. The minimum Gasteiger partial charge on any atom is -0.395 e. The summed E-state index contributed by atoms with van der Waals surface area (Å²) in [5, 5.41) is 8.07. The average molecular weight is 244 g/mol. The molecular weight excluding hydrogens is 228 g/mol. The second-order valence-electron chi connectivity index (χ2n) is 3.62. The first-order valence-electron chi connectivity index (χ1n) is 4.94. The van der Waals surface area contributed by atoms with E-state index in [0.717, 1.165) is 0 Å². The van der Waals surface area contributed by atoms with Crippen molar-refractivity contribution in [3.63, 3.8) is 0 Å². The predicted molar refractivity (Wildman–Crippen MR) is 61.2 cm³/mol. The highest BCUT2D eigenvalue weighted by Gasteiger charge is 2.25. The van der Waals surface area contributed by atoms with Crippen molar-refractivity contribution in [3.8, 4) is 0 Å². The highest BCUT2D eigenvalue weighted by atomic mass is 32.2. The molecule has 0 amide bonds. The van der Waals surface area contributed by atoms with E-state index in [2.05, 4.69) is 4.98 Å². The van der Waals surface area contributed by atoms with E-state index in [4.69, 9.17) is 5.11 Å². The number of aliphatic hydroxyl groups is 1. The highest BCUT2D eigenvalue weighted by molar-refractivity contribution is 7.89. The lowest BCUT2D eigenvalue weighted by Gasteiger charge is -2.20. The Balaban J connectivity index is 2.77. The smallest absolute Gasteiger partial charge is 0.219 e. The lowest BCUT2D eigenvalue weighted by Crippen LogP contribution is -2.36. The Bertz CT molecular complexity index is 419. The SMILES string of the molecule is CC(CO)S(=O)(=O)N(C)Cc1ccccn1. The van der Waals surface area contributed by atoms with Gasteiger partial charge < -0.3 is 5.11 Å². The van der Waals surface area contributed by atoms with Crippen LogP contribution in [0.2, 0.25) is 0 Å². The van der Waals surface area contributed by atoms with Gasteiger partial charge in [-0.25, -0.2) is 8.42 Å². The van der Waals surface area contributed by atoms with Crippen LogP contribution in [0.15, 0.2) is 24.4 Å². The molecule has 1 atom stereocenters. The third kappa shape index (κ3) is 3.01. The zero-order chi connectivity index (χ0) is 12.2. The molecule has 0 aliphatic heterocycles. The molecule has 1 aromatic heterocycles. The van der Waals surface area contributed by atoms with E-state index in [1.807, 2.05) is 0 Å². The summed E-state index contributed by atoms with van der Waals surface area (Å²) in [4.78, 5) is 4.05. The van der Waals surface area contributed by atoms with Crippen LogP contribution in [0.1, 0.15) is 12.6 Å². The molecule has 0 radical (unpaired) electrons. The first kappa shape index (κ1) is 13.1. The largest absolute Gasteiger partial charge is 0.395 e. The second kappa shape index (κ2) is 5.38. The lowest BCUT2D eigenvalue weighted by atomic mass is 10.3. The third-order valence-corrected chi connectivity index (χ3v) is 4.47. The molecule has 1 unspecified atom stereocenters. The van der Waals surface area contributed by atoms with Gasteiger partial charge in [0.05, 0.1) is 24.1 Å². The molecule has 1 N–H and O–H groups in total. The third-order valence-electron chi connectivity index (χ3n) is 2.31. The molecule has 5 nitrogen and oxygen atoms in total. The molecule has 0 saturated heterocycles. The molecular formula is C10H16N2O3S. The number of sulfonamides is 1. The topological polar surface area (TPSA) is 70.5 Å². The molecule has 1 aromatic rings. The highest BCUT2D eigenvalue weighted by Crippen LogP contribution is 2.09. The van der Waals surface area contributed by atoms with Crippen molar-refractivity contribution >= 4 is 10.0 Å². The van der Waals surface area contributed by atoms with Crippen molar-refractivity contribution in [2.75, 3.05) is 13.7 Å². The Morgan fingerprint density at radius 3 is 2.69 bits per heavy atom. The van der Waals surface area contributed by atoms with E-state index in [1.165, 1.54) is 18.3 Å². The molecule has 16 heavy (non-hydrogen) atoms. The van der Waals surface area contributed by atoms with Crippen molar-refractivity contribution in [1.82, 2.24) is 9.29 Å². The molecule has 0 fully saturated rings. The number of aliphatic hydroxyl groups excluding tert-OH is 1. The van der Waals surface area contributed by atoms with E-state index < -0.39 is 15.3 Å². The summed E-state index contributed by atoms with van der Waals surface area (Å²) in [6.45, 7) is 1.31. The van der Waals surface area contributed by atoms with Crippen molar-refractivity contribution in [3.05, 3.63) is 30.1 Å². The van der Waals surface area contributed by atoms with Crippen LogP contribution in [0.3, 0.4) is 0 Å². The summed E-state index contributed by atoms with van der Waals surface area (Å²) in [5.41, 5.74) is 0.679. The summed E-state index contributed by atoms with van der Waals surface area (Å²) in [6, 6.07) is 5.34. The molecule has 0 spiro atoms. The lowest BCUT2D eigenvalue weighted by molar-refractivity contribution is 0.290. The molecule has 0 aliphatic carbocycles. The van der Waals surface area contributed by atoms with E-state index in [1.54, 1.807) is 24.4 Å². The Morgan fingerprint density at radius 1 is 1.50 bits per heavy atom. The van der Waals surface area contributed by atoms with Gasteiger partial charge in [-0.3, -0.25) is 4.98 Å². The number of rotatable bonds is 5. The maximum atomic E-state index is 11.8. The van der Waals surface area contributed by atoms with Gasteiger partial charge in [0.15, 0.2) is 0 Å². The van der Waals surface area contributed by atoms with Crippen LogP contribution < -0.4 is 0 Å². The molecule has 6 heteroatoms. The molecule has 90 valence electrons. The van der Waals surface area contributed by atoms with Gasteiger partial charge in [-0.2, -0.15) is 4.31 Å². The van der Waals surface area contributed by atoms with E-state index in [9.17, 15) is 8.42 Å². The Kier molecular flexibility index (Phi) is 4.40. The Hall–Kier alpha value is -0.980. The van der Waals surface area contributed by atoms with Crippen LogP contribution in [-0.4, -0.2) is 41.7 Å². The van der Waals surface area contributed by atoms with Crippen LogP contribution in [-0.2, 0) is 16.6 Å². The first-order chi connectivity index (χ1) is 7.48. The fraction of sp³-hybridized carbons (Fsp3) is 0.500. The van der Waals surface area contributed by atoms with Crippen molar-refractivity contribution in [2.24, 2.45) is 0 Å². The zero-order valence-electron chi connectivity index (χ0n) is 9.37.